The van der Waals surface area contributed by atoms with Crippen LogP contribution in [0.25, 0.3) is 0 Å². The number of anilines is 2. The molecule has 116 valence electrons. The first kappa shape index (κ1) is 15.7. The first-order valence-corrected chi connectivity index (χ1v) is 7.05. The van der Waals surface area contributed by atoms with Crippen molar-refractivity contribution in [2.45, 2.75) is 13.3 Å². The van der Waals surface area contributed by atoms with Crippen molar-refractivity contribution in [3.8, 4) is 11.5 Å². The highest BCUT2D eigenvalue weighted by atomic mass is 16.5. The minimum Gasteiger partial charge on any atom is -0.497 e. The van der Waals surface area contributed by atoms with Gasteiger partial charge in [-0.25, -0.2) is 4.79 Å². The lowest BCUT2D eigenvalue weighted by molar-refractivity contribution is 0.262. The van der Waals surface area contributed by atoms with Crippen LogP contribution in [-0.2, 0) is 6.42 Å². The fourth-order valence-electron chi connectivity index (χ4n) is 2.11. The highest BCUT2D eigenvalue weighted by Crippen LogP contribution is 2.26. The molecule has 22 heavy (non-hydrogen) atoms. The Morgan fingerprint density at radius 2 is 1.64 bits per heavy atom. The minimum atomic E-state index is -0.309. The monoisotopic (exact) mass is 300 g/mol. The predicted octanol–water partition coefficient (Wildman–Crippen LogP) is 3.91. The van der Waals surface area contributed by atoms with Crippen molar-refractivity contribution in [3.63, 3.8) is 0 Å². The molecule has 2 N–H and O–H groups in total. The Morgan fingerprint density at radius 1 is 1.00 bits per heavy atom. The molecule has 0 bridgehead atoms. The van der Waals surface area contributed by atoms with Gasteiger partial charge >= 0.3 is 6.03 Å². The molecule has 0 saturated carbocycles. The maximum Gasteiger partial charge on any atom is 0.323 e. The Labute approximate surface area is 130 Å². The second-order valence-corrected chi connectivity index (χ2v) is 4.69. The summed E-state index contributed by atoms with van der Waals surface area (Å²) >= 11 is 0. The Kier molecular flexibility index (Phi) is 5.25. The molecule has 0 spiro atoms. The maximum atomic E-state index is 12.1. The molecule has 0 heterocycles. The largest absolute Gasteiger partial charge is 0.497 e. The van der Waals surface area contributed by atoms with E-state index >= 15 is 0 Å². The summed E-state index contributed by atoms with van der Waals surface area (Å²) in [6, 6.07) is 12.6. The van der Waals surface area contributed by atoms with Crippen molar-refractivity contribution in [2.24, 2.45) is 0 Å². The smallest absolute Gasteiger partial charge is 0.323 e. The SMILES string of the molecule is CCc1ccccc1NC(=O)Nc1cc(OC)cc(OC)c1. The third kappa shape index (κ3) is 3.91. The summed E-state index contributed by atoms with van der Waals surface area (Å²) in [5.41, 5.74) is 2.49. The summed E-state index contributed by atoms with van der Waals surface area (Å²) in [6.45, 7) is 2.05. The average Bonchev–Trinajstić information content (AvgIpc) is 2.54. The standard InChI is InChI=1S/C17H20N2O3/c1-4-12-7-5-6-8-16(12)19-17(20)18-13-9-14(21-2)11-15(10-13)22-3/h5-11H,4H2,1-3H3,(H2,18,19,20). The number of hydrogen-bond acceptors (Lipinski definition) is 3. The molecule has 2 aromatic rings. The van der Waals surface area contributed by atoms with Crippen LogP contribution in [0.1, 0.15) is 12.5 Å². The summed E-state index contributed by atoms with van der Waals surface area (Å²) in [4.78, 5) is 12.1. The first-order valence-electron chi connectivity index (χ1n) is 7.05. The molecular formula is C17H20N2O3. The van der Waals surface area contributed by atoms with Crippen LogP contribution in [0.4, 0.5) is 16.2 Å². The molecule has 0 radical (unpaired) electrons. The minimum absolute atomic E-state index is 0.309. The van der Waals surface area contributed by atoms with E-state index in [9.17, 15) is 4.79 Å². The van der Waals surface area contributed by atoms with Crippen molar-refractivity contribution >= 4 is 17.4 Å². The molecular weight excluding hydrogens is 280 g/mol. The van der Waals surface area contributed by atoms with Crippen molar-refractivity contribution in [1.82, 2.24) is 0 Å². The van der Waals surface area contributed by atoms with Gasteiger partial charge in [-0.1, -0.05) is 25.1 Å². The number of rotatable bonds is 5. The highest BCUT2D eigenvalue weighted by Gasteiger charge is 2.08. The van der Waals surface area contributed by atoms with Crippen molar-refractivity contribution in [3.05, 3.63) is 48.0 Å². The number of para-hydroxylation sites is 1. The van der Waals surface area contributed by atoms with Gasteiger partial charge in [0.1, 0.15) is 11.5 Å². The lowest BCUT2D eigenvalue weighted by Crippen LogP contribution is -2.20. The van der Waals surface area contributed by atoms with Crippen molar-refractivity contribution in [2.75, 3.05) is 24.9 Å². The van der Waals surface area contributed by atoms with E-state index in [0.29, 0.717) is 17.2 Å². The second kappa shape index (κ2) is 7.36. The topological polar surface area (TPSA) is 59.6 Å². The maximum absolute atomic E-state index is 12.1. The van der Waals surface area contributed by atoms with Gasteiger partial charge in [-0.2, -0.15) is 0 Å². The lowest BCUT2D eigenvalue weighted by Gasteiger charge is -2.12. The summed E-state index contributed by atoms with van der Waals surface area (Å²) in [5.74, 6) is 1.23. The summed E-state index contributed by atoms with van der Waals surface area (Å²) in [7, 11) is 3.13. The van der Waals surface area contributed by atoms with Gasteiger partial charge in [0.05, 0.1) is 14.2 Å². The van der Waals surface area contributed by atoms with Crippen LogP contribution in [0.2, 0.25) is 0 Å². The molecule has 2 rings (SSSR count). The summed E-state index contributed by atoms with van der Waals surface area (Å²) < 4.78 is 10.4. The summed E-state index contributed by atoms with van der Waals surface area (Å²) in [6.07, 6.45) is 0.851. The third-order valence-electron chi connectivity index (χ3n) is 3.26. The molecule has 0 unspecified atom stereocenters. The van der Waals surface area contributed by atoms with Gasteiger partial charge in [0.25, 0.3) is 0 Å². The quantitative estimate of drug-likeness (QED) is 0.880. The van der Waals surface area contributed by atoms with E-state index in [1.807, 2.05) is 31.2 Å². The van der Waals surface area contributed by atoms with Crippen LogP contribution < -0.4 is 20.1 Å². The van der Waals surface area contributed by atoms with E-state index in [0.717, 1.165) is 17.7 Å². The van der Waals surface area contributed by atoms with Crippen LogP contribution in [0.5, 0.6) is 11.5 Å². The Balaban J connectivity index is 2.12. The number of carbonyl (C=O) groups excluding carboxylic acids is 1. The summed E-state index contributed by atoms with van der Waals surface area (Å²) in [5, 5.41) is 5.63. The van der Waals surface area contributed by atoms with E-state index in [1.165, 1.54) is 0 Å². The highest BCUT2D eigenvalue weighted by molar-refractivity contribution is 6.00. The van der Waals surface area contributed by atoms with Gasteiger partial charge in [0, 0.05) is 29.6 Å². The zero-order chi connectivity index (χ0) is 15.9. The molecule has 0 aromatic heterocycles. The molecule has 0 aliphatic carbocycles. The van der Waals surface area contributed by atoms with Crippen LogP contribution >= 0.6 is 0 Å². The van der Waals surface area contributed by atoms with Gasteiger partial charge in [0.15, 0.2) is 0 Å². The second-order valence-electron chi connectivity index (χ2n) is 4.69. The molecule has 0 aliphatic rings. The number of hydrogen-bond donors (Lipinski definition) is 2. The lowest BCUT2D eigenvalue weighted by atomic mass is 10.1. The fourth-order valence-corrected chi connectivity index (χ4v) is 2.11. The number of amides is 2. The molecule has 2 aromatic carbocycles. The zero-order valence-corrected chi connectivity index (χ0v) is 13.0. The molecule has 5 heteroatoms. The molecule has 5 nitrogen and oxygen atoms in total. The van der Waals surface area contributed by atoms with E-state index < -0.39 is 0 Å². The number of aryl methyl sites for hydroxylation is 1. The zero-order valence-electron chi connectivity index (χ0n) is 13.0. The van der Waals surface area contributed by atoms with Crippen molar-refractivity contribution in [1.29, 1.82) is 0 Å². The van der Waals surface area contributed by atoms with Crippen LogP contribution in [0.15, 0.2) is 42.5 Å². The molecule has 0 fully saturated rings. The molecule has 0 atom stereocenters. The first-order chi connectivity index (χ1) is 10.7. The Bertz CT molecular complexity index is 634. The van der Waals surface area contributed by atoms with E-state index in [1.54, 1.807) is 32.4 Å². The fraction of sp³-hybridized carbons (Fsp3) is 0.235. The van der Waals surface area contributed by atoms with E-state index in [2.05, 4.69) is 10.6 Å². The molecule has 0 aliphatic heterocycles. The number of carbonyl (C=O) groups is 1. The Morgan fingerprint density at radius 3 is 2.23 bits per heavy atom. The van der Waals surface area contributed by atoms with E-state index in [4.69, 9.17) is 9.47 Å². The van der Waals surface area contributed by atoms with Gasteiger partial charge < -0.3 is 20.1 Å². The third-order valence-corrected chi connectivity index (χ3v) is 3.26. The number of nitrogens with one attached hydrogen (secondary N) is 2. The average molecular weight is 300 g/mol. The molecule has 2 amide bonds. The van der Waals surface area contributed by atoms with Crippen LogP contribution in [0.3, 0.4) is 0 Å². The van der Waals surface area contributed by atoms with Crippen molar-refractivity contribution < 1.29 is 14.3 Å². The Hall–Kier alpha value is -2.69. The number of benzene rings is 2. The predicted molar refractivity (Wildman–Crippen MR) is 88.0 cm³/mol. The van der Waals surface area contributed by atoms with Gasteiger partial charge in [-0.15, -0.1) is 0 Å². The van der Waals surface area contributed by atoms with E-state index in [-0.39, 0.29) is 6.03 Å². The van der Waals surface area contributed by atoms with Crippen LogP contribution in [0, 0.1) is 0 Å². The van der Waals surface area contributed by atoms with Gasteiger partial charge in [0.2, 0.25) is 0 Å². The number of ether oxygens (including phenoxy) is 2. The van der Waals surface area contributed by atoms with Gasteiger partial charge in [-0.05, 0) is 18.1 Å². The number of urea groups is 1. The van der Waals surface area contributed by atoms with Gasteiger partial charge in [-0.3, -0.25) is 0 Å². The number of methoxy groups -OCH3 is 2. The molecule has 0 saturated heterocycles. The normalized spacial score (nSPS) is 9.95. The van der Waals surface area contributed by atoms with Crippen LogP contribution in [-0.4, -0.2) is 20.3 Å².